The lowest BCUT2D eigenvalue weighted by Crippen LogP contribution is -2.27. The average molecular weight is 470 g/mol. The Morgan fingerprint density at radius 3 is 2.36 bits per heavy atom. The predicted octanol–water partition coefficient (Wildman–Crippen LogP) is 4.30. The SMILES string of the molecule is COc1ccccc1N(C)S(=O)(=O)c1ccc(C)c(C(=O)Nc2ccc(C)c([N+](=O)[O-])c2)c1. The Kier molecular flexibility index (Phi) is 6.68. The summed E-state index contributed by atoms with van der Waals surface area (Å²) in [5.41, 5.74) is 1.59. The van der Waals surface area contributed by atoms with Crippen LogP contribution in [0, 0.1) is 24.0 Å². The zero-order valence-electron chi connectivity index (χ0n) is 18.5. The molecule has 33 heavy (non-hydrogen) atoms. The Bertz CT molecular complexity index is 1340. The number of rotatable bonds is 7. The largest absolute Gasteiger partial charge is 0.495 e. The minimum atomic E-state index is -4.01. The molecule has 9 nitrogen and oxygen atoms in total. The monoisotopic (exact) mass is 469 g/mol. The van der Waals surface area contributed by atoms with E-state index in [0.29, 0.717) is 22.6 Å². The zero-order valence-corrected chi connectivity index (χ0v) is 19.3. The molecule has 0 saturated carbocycles. The molecule has 0 heterocycles. The summed E-state index contributed by atoms with van der Waals surface area (Å²) in [5, 5.41) is 13.8. The lowest BCUT2D eigenvalue weighted by molar-refractivity contribution is -0.385. The van der Waals surface area contributed by atoms with E-state index in [2.05, 4.69) is 5.32 Å². The molecule has 0 aromatic heterocycles. The van der Waals surface area contributed by atoms with Gasteiger partial charge in [-0.3, -0.25) is 19.2 Å². The van der Waals surface area contributed by atoms with E-state index < -0.39 is 20.9 Å². The van der Waals surface area contributed by atoms with Crippen LogP contribution in [-0.4, -0.2) is 33.4 Å². The summed E-state index contributed by atoms with van der Waals surface area (Å²) in [5.74, 6) is -0.197. The van der Waals surface area contributed by atoms with Crippen LogP contribution in [0.2, 0.25) is 0 Å². The quantitative estimate of drug-likeness (QED) is 0.407. The minimum absolute atomic E-state index is 0.0819. The maximum Gasteiger partial charge on any atom is 0.274 e. The molecule has 172 valence electrons. The normalized spacial score (nSPS) is 11.0. The van der Waals surface area contributed by atoms with Crippen LogP contribution in [0.25, 0.3) is 0 Å². The highest BCUT2D eigenvalue weighted by Crippen LogP contribution is 2.31. The van der Waals surface area contributed by atoms with Gasteiger partial charge in [-0.15, -0.1) is 0 Å². The molecule has 0 unspecified atom stereocenters. The molecule has 0 saturated heterocycles. The van der Waals surface area contributed by atoms with Crippen molar-refractivity contribution >= 4 is 33.0 Å². The van der Waals surface area contributed by atoms with Crippen molar-refractivity contribution in [2.24, 2.45) is 0 Å². The first-order chi connectivity index (χ1) is 15.6. The van der Waals surface area contributed by atoms with Gasteiger partial charge in [0.15, 0.2) is 0 Å². The Hall–Kier alpha value is -3.92. The van der Waals surface area contributed by atoms with Crippen LogP contribution >= 0.6 is 0 Å². The maximum atomic E-state index is 13.3. The summed E-state index contributed by atoms with van der Waals surface area (Å²) in [6, 6.07) is 15.3. The van der Waals surface area contributed by atoms with Gasteiger partial charge in [-0.25, -0.2) is 8.42 Å². The van der Waals surface area contributed by atoms with Crippen LogP contribution < -0.4 is 14.4 Å². The number of ether oxygens (including phenoxy) is 1. The van der Waals surface area contributed by atoms with Crippen molar-refractivity contribution in [1.29, 1.82) is 0 Å². The van der Waals surface area contributed by atoms with Crippen LogP contribution in [0.15, 0.2) is 65.6 Å². The van der Waals surface area contributed by atoms with E-state index in [1.165, 1.54) is 44.5 Å². The van der Waals surface area contributed by atoms with Crippen LogP contribution in [0.4, 0.5) is 17.1 Å². The van der Waals surface area contributed by atoms with E-state index in [4.69, 9.17) is 4.74 Å². The molecule has 3 aromatic carbocycles. The average Bonchev–Trinajstić information content (AvgIpc) is 2.79. The number of sulfonamides is 1. The van der Waals surface area contributed by atoms with Gasteiger partial charge in [0.05, 0.1) is 22.6 Å². The first-order valence-electron chi connectivity index (χ1n) is 9.85. The van der Waals surface area contributed by atoms with E-state index in [-0.39, 0.29) is 21.8 Å². The fraction of sp³-hybridized carbons (Fsp3) is 0.174. The van der Waals surface area contributed by atoms with Crippen LogP contribution in [0.5, 0.6) is 5.75 Å². The molecule has 3 rings (SSSR count). The number of nitro groups is 1. The number of hydrogen-bond acceptors (Lipinski definition) is 6. The number of hydrogen-bond donors (Lipinski definition) is 1. The van der Waals surface area contributed by atoms with Crippen LogP contribution in [0.3, 0.4) is 0 Å². The first kappa shape index (κ1) is 23.7. The molecule has 10 heteroatoms. The minimum Gasteiger partial charge on any atom is -0.495 e. The van der Waals surface area contributed by atoms with Gasteiger partial charge in [0.2, 0.25) is 0 Å². The molecule has 0 atom stereocenters. The van der Waals surface area contributed by atoms with Gasteiger partial charge in [0, 0.05) is 29.9 Å². The number of anilines is 2. The summed E-state index contributed by atoms with van der Waals surface area (Å²) in [7, 11) is -1.16. The maximum absolute atomic E-state index is 13.3. The van der Waals surface area contributed by atoms with Crippen LogP contribution in [0.1, 0.15) is 21.5 Å². The lowest BCUT2D eigenvalue weighted by atomic mass is 10.1. The molecule has 0 radical (unpaired) electrons. The first-order valence-corrected chi connectivity index (χ1v) is 11.3. The summed E-state index contributed by atoms with van der Waals surface area (Å²) >= 11 is 0. The highest BCUT2D eigenvalue weighted by Gasteiger charge is 2.25. The van der Waals surface area contributed by atoms with E-state index in [1.54, 1.807) is 44.2 Å². The fourth-order valence-electron chi connectivity index (χ4n) is 3.27. The Labute approximate surface area is 191 Å². The van der Waals surface area contributed by atoms with E-state index in [0.717, 1.165) is 4.31 Å². The topological polar surface area (TPSA) is 119 Å². The Morgan fingerprint density at radius 1 is 1.03 bits per heavy atom. The van der Waals surface area contributed by atoms with Crippen molar-refractivity contribution in [3.05, 3.63) is 87.5 Å². The molecule has 3 aromatic rings. The molecular formula is C23H23N3O6S. The molecule has 0 aliphatic carbocycles. The van der Waals surface area contributed by atoms with Gasteiger partial charge in [0.1, 0.15) is 5.75 Å². The van der Waals surface area contributed by atoms with Crippen molar-refractivity contribution in [3.8, 4) is 5.75 Å². The highest BCUT2D eigenvalue weighted by molar-refractivity contribution is 7.92. The molecule has 0 fully saturated rings. The van der Waals surface area contributed by atoms with Crippen molar-refractivity contribution in [3.63, 3.8) is 0 Å². The number of nitro benzene ring substituents is 1. The number of amides is 1. The molecule has 0 spiro atoms. The van der Waals surface area contributed by atoms with Gasteiger partial charge < -0.3 is 10.1 Å². The number of aryl methyl sites for hydroxylation is 2. The molecular weight excluding hydrogens is 446 g/mol. The predicted molar refractivity (Wildman–Crippen MR) is 126 cm³/mol. The molecule has 1 N–H and O–H groups in total. The number of benzene rings is 3. The van der Waals surface area contributed by atoms with Crippen molar-refractivity contribution < 1.29 is 22.9 Å². The van der Waals surface area contributed by atoms with E-state index in [1.807, 2.05) is 0 Å². The van der Waals surface area contributed by atoms with E-state index in [9.17, 15) is 23.3 Å². The second-order valence-corrected chi connectivity index (χ2v) is 9.30. The van der Waals surface area contributed by atoms with E-state index >= 15 is 0 Å². The highest BCUT2D eigenvalue weighted by atomic mass is 32.2. The second kappa shape index (κ2) is 9.29. The Morgan fingerprint density at radius 2 is 1.70 bits per heavy atom. The van der Waals surface area contributed by atoms with Gasteiger partial charge in [-0.1, -0.05) is 24.3 Å². The van der Waals surface area contributed by atoms with Crippen molar-refractivity contribution in [1.82, 2.24) is 0 Å². The number of methoxy groups -OCH3 is 1. The summed E-state index contributed by atoms with van der Waals surface area (Å²) in [6.07, 6.45) is 0. The molecule has 0 bridgehead atoms. The molecule has 1 amide bonds. The van der Waals surface area contributed by atoms with Gasteiger partial charge in [0.25, 0.3) is 21.6 Å². The third-order valence-electron chi connectivity index (χ3n) is 5.20. The van der Waals surface area contributed by atoms with Crippen molar-refractivity contribution in [2.45, 2.75) is 18.7 Å². The third-order valence-corrected chi connectivity index (χ3v) is 6.97. The van der Waals surface area contributed by atoms with Gasteiger partial charge in [-0.2, -0.15) is 0 Å². The number of carbonyl (C=O) groups is 1. The third kappa shape index (κ3) is 4.80. The van der Waals surface area contributed by atoms with Gasteiger partial charge >= 0.3 is 0 Å². The number of para-hydroxylation sites is 2. The fourth-order valence-corrected chi connectivity index (χ4v) is 4.50. The standard InChI is InChI=1S/C23H23N3O6S/c1-15-10-12-18(33(30,31)25(3)20-7-5-6-8-22(20)32-4)14-19(15)23(27)24-17-11-9-16(2)21(13-17)26(28)29/h5-14H,1-4H3,(H,24,27). The molecule has 0 aliphatic rings. The number of carbonyl (C=O) groups excluding carboxylic acids is 1. The Balaban J connectivity index is 1.95. The summed E-state index contributed by atoms with van der Waals surface area (Å²) in [4.78, 5) is 23.5. The second-order valence-electron chi connectivity index (χ2n) is 7.33. The lowest BCUT2D eigenvalue weighted by Gasteiger charge is -2.22. The summed E-state index contributed by atoms with van der Waals surface area (Å²) < 4.78 is 32.9. The number of nitrogens with one attached hydrogen (secondary N) is 1. The number of nitrogens with zero attached hydrogens (tertiary/aromatic N) is 2. The summed E-state index contributed by atoms with van der Waals surface area (Å²) in [6.45, 7) is 3.27. The molecule has 0 aliphatic heterocycles. The zero-order chi connectivity index (χ0) is 24.3. The van der Waals surface area contributed by atoms with Crippen LogP contribution in [-0.2, 0) is 10.0 Å². The van der Waals surface area contributed by atoms with Crippen molar-refractivity contribution in [2.75, 3.05) is 23.8 Å². The van der Waals surface area contributed by atoms with Gasteiger partial charge in [-0.05, 0) is 49.7 Å². The smallest absolute Gasteiger partial charge is 0.274 e.